The lowest BCUT2D eigenvalue weighted by atomic mass is 10.1. The van der Waals surface area contributed by atoms with Gasteiger partial charge in [0.2, 0.25) is 0 Å². The fourth-order valence-electron chi connectivity index (χ4n) is 1.20. The zero-order valence-corrected chi connectivity index (χ0v) is 7.24. The van der Waals surface area contributed by atoms with Crippen molar-refractivity contribution in [2.75, 3.05) is 0 Å². The maximum absolute atomic E-state index is 3.96. The molecule has 0 spiro atoms. The molecule has 0 nitrogen and oxygen atoms in total. The second-order valence-electron chi connectivity index (χ2n) is 2.76. The lowest BCUT2D eigenvalue weighted by Gasteiger charge is -1.92. The van der Waals surface area contributed by atoms with E-state index in [-0.39, 0.29) is 0 Å². The van der Waals surface area contributed by atoms with Crippen LogP contribution in [0.25, 0.3) is 10.1 Å². The van der Waals surface area contributed by atoms with Crippen molar-refractivity contribution in [3.8, 4) is 0 Å². The Morgan fingerprint density at radius 3 is 3.00 bits per heavy atom. The van der Waals surface area contributed by atoms with Gasteiger partial charge in [-0.15, -0.1) is 11.3 Å². The van der Waals surface area contributed by atoms with Gasteiger partial charge in [-0.05, 0) is 36.2 Å². The molecule has 11 heavy (non-hydrogen) atoms. The van der Waals surface area contributed by atoms with Crippen LogP contribution in [-0.2, 0) is 0 Å². The van der Waals surface area contributed by atoms with Crippen molar-refractivity contribution >= 4 is 21.4 Å². The Labute approximate surface area is 70.5 Å². The van der Waals surface area contributed by atoms with Crippen LogP contribution in [0, 0.1) is 13.8 Å². The average Bonchev–Trinajstić information content (AvgIpc) is 2.33. The van der Waals surface area contributed by atoms with E-state index in [1.807, 2.05) is 0 Å². The predicted octanol–water partition coefficient (Wildman–Crippen LogP) is 3.39. The monoisotopic (exact) mass is 161 g/mol. The Kier molecular flexibility index (Phi) is 1.46. The van der Waals surface area contributed by atoms with Crippen molar-refractivity contribution < 1.29 is 0 Å². The van der Waals surface area contributed by atoms with Gasteiger partial charge in [0.1, 0.15) is 0 Å². The molecule has 0 aliphatic carbocycles. The molecule has 0 N–H and O–H groups in total. The van der Waals surface area contributed by atoms with Gasteiger partial charge in [-0.2, -0.15) is 0 Å². The van der Waals surface area contributed by atoms with E-state index in [4.69, 9.17) is 0 Å². The van der Waals surface area contributed by atoms with Crippen molar-refractivity contribution in [2.24, 2.45) is 0 Å². The number of hydrogen-bond acceptors (Lipinski definition) is 1. The smallest absolute Gasteiger partial charge is 0.0345 e. The summed E-state index contributed by atoms with van der Waals surface area (Å²) >= 11 is 1.76. The third-order valence-corrected chi connectivity index (χ3v) is 2.82. The molecule has 0 amide bonds. The summed E-state index contributed by atoms with van der Waals surface area (Å²) in [7, 11) is 0. The first-order valence-electron chi connectivity index (χ1n) is 3.57. The Balaban J connectivity index is 2.87. The van der Waals surface area contributed by atoms with Crippen LogP contribution < -0.4 is 0 Å². The molecule has 0 unspecified atom stereocenters. The first-order chi connectivity index (χ1) is 5.27. The zero-order valence-electron chi connectivity index (χ0n) is 6.42. The van der Waals surface area contributed by atoms with Crippen molar-refractivity contribution in [1.82, 2.24) is 0 Å². The zero-order chi connectivity index (χ0) is 7.84. The van der Waals surface area contributed by atoms with E-state index in [0.29, 0.717) is 0 Å². The fourth-order valence-corrected chi connectivity index (χ4v) is 2.06. The molecule has 0 bridgehead atoms. The number of fused-ring (bicyclic) bond motifs is 1. The predicted molar refractivity (Wildman–Crippen MR) is 51.0 cm³/mol. The minimum Gasteiger partial charge on any atom is -0.144 e. The van der Waals surface area contributed by atoms with Gasteiger partial charge in [-0.3, -0.25) is 0 Å². The van der Waals surface area contributed by atoms with Gasteiger partial charge in [0.05, 0.1) is 0 Å². The first kappa shape index (κ1) is 6.86. The van der Waals surface area contributed by atoms with Crippen LogP contribution in [0.4, 0.5) is 0 Å². The molecule has 0 atom stereocenters. The second kappa shape index (κ2) is 2.35. The number of hydrogen-bond donors (Lipinski definition) is 0. The van der Waals surface area contributed by atoms with E-state index in [1.54, 1.807) is 11.3 Å². The molecule has 1 radical (unpaired) electrons. The minimum absolute atomic E-state index is 1.15. The highest BCUT2D eigenvalue weighted by molar-refractivity contribution is 7.17. The van der Waals surface area contributed by atoms with Crippen LogP contribution in [0.3, 0.4) is 0 Å². The third-order valence-electron chi connectivity index (χ3n) is 1.81. The second-order valence-corrected chi connectivity index (χ2v) is 3.67. The Morgan fingerprint density at radius 2 is 2.18 bits per heavy atom. The molecular formula is C10H9S. The Bertz CT molecular complexity index is 385. The third kappa shape index (κ3) is 1.05. The molecule has 1 heterocycles. The van der Waals surface area contributed by atoms with Gasteiger partial charge in [0.25, 0.3) is 0 Å². The molecular weight excluding hydrogens is 152 g/mol. The van der Waals surface area contributed by atoms with Gasteiger partial charge >= 0.3 is 0 Å². The van der Waals surface area contributed by atoms with E-state index in [2.05, 4.69) is 37.4 Å². The number of aryl methyl sites for hydroxylation is 1. The molecule has 0 saturated heterocycles. The average molecular weight is 161 g/mol. The van der Waals surface area contributed by atoms with Gasteiger partial charge < -0.3 is 0 Å². The molecule has 1 heteroatoms. The standard InChI is InChI=1S/C10H9S/c1-7-3-4-10-9(5-7)8(2)6-11-10/h3-6H,2H2,1H3. The van der Waals surface area contributed by atoms with Gasteiger partial charge in [-0.1, -0.05) is 17.7 Å². The summed E-state index contributed by atoms with van der Waals surface area (Å²) in [6, 6.07) is 6.48. The fraction of sp³-hybridized carbons (Fsp3) is 0.100. The summed E-state index contributed by atoms with van der Waals surface area (Å²) in [5.41, 5.74) is 2.45. The van der Waals surface area contributed by atoms with Gasteiger partial charge in [0, 0.05) is 4.70 Å². The van der Waals surface area contributed by atoms with E-state index in [9.17, 15) is 0 Å². The number of benzene rings is 1. The Hall–Kier alpha value is -0.820. The summed E-state index contributed by atoms with van der Waals surface area (Å²) in [5.74, 6) is 0. The lowest BCUT2D eigenvalue weighted by Crippen LogP contribution is -1.70. The van der Waals surface area contributed by atoms with E-state index in [0.717, 1.165) is 5.56 Å². The highest BCUT2D eigenvalue weighted by atomic mass is 32.1. The first-order valence-corrected chi connectivity index (χ1v) is 4.45. The van der Waals surface area contributed by atoms with Crippen molar-refractivity contribution in [3.05, 3.63) is 41.6 Å². The minimum atomic E-state index is 1.15. The lowest BCUT2D eigenvalue weighted by molar-refractivity contribution is 1.51. The van der Waals surface area contributed by atoms with E-state index in [1.165, 1.54) is 15.6 Å². The highest BCUT2D eigenvalue weighted by Gasteiger charge is 1.98. The van der Waals surface area contributed by atoms with Crippen molar-refractivity contribution in [2.45, 2.75) is 6.92 Å². The molecule has 0 aliphatic rings. The van der Waals surface area contributed by atoms with Crippen LogP contribution in [0.2, 0.25) is 0 Å². The van der Waals surface area contributed by atoms with Crippen molar-refractivity contribution in [3.63, 3.8) is 0 Å². The topological polar surface area (TPSA) is 0 Å². The largest absolute Gasteiger partial charge is 0.144 e. The van der Waals surface area contributed by atoms with Crippen LogP contribution in [-0.4, -0.2) is 0 Å². The Morgan fingerprint density at radius 1 is 1.36 bits per heavy atom. The van der Waals surface area contributed by atoms with Crippen molar-refractivity contribution in [1.29, 1.82) is 0 Å². The molecule has 55 valence electrons. The summed E-state index contributed by atoms with van der Waals surface area (Å²) in [4.78, 5) is 0. The molecule has 0 saturated carbocycles. The van der Waals surface area contributed by atoms with E-state index >= 15 is 0 Å². The maximum atomic E-state index is 3.96. The summed E-state index contributed by atoms with van der Waals surface area (Å²) in [5, 5.41) is 3.40. The van der Waals surface area contributed by atoms with Crippen LogP contribution in [0.15, 0.2) is 23.6 Å². The summed E-state index contributed by atoms with van der Waals surface area (Å²) in [6.45, 7) is 6.07. The van der Waals surface area contributed by atoms with Crippen LogP contribution >= 0.6 is 11.3 Å². The van der Waals surface area contributed by atoms with Gasteiger partial charge in [-0.25, -0.2) is 0 Å². The maximum Gasteiger partial charge on any atom is 0.0345 e. The van der Waals surface area contributed by atoms with Crippen LogP contribution in [0.1, 0.15) is 11.1 Å². The highest BCUT2D eigenvalue weighted by Crippen LogP contribution is 2.25. The van der Waals surface area contributed by atoms with Crippen LogP contribution in [0.5, 0.6) is 0 Å². The SMILES string of the molecule is [CH2]c1csc2ccc(C)cc12. The molecule has 2 rings (SSSR count). The normalized spacial score (nSPS) is 10.7. The number of rotatable bonds is 0. The summed E-state index contributed by atoms with van der Waals surface area (Å²) < 4.78 is 1.33. The van der Waals surface area contributed by atoms with E-state index < -0.39 is 0 Å². The molecule has 1 aromatic heterocycles. The molecule has 2 aromatic rings. The molecule has 0 aliphatic heterocycles. The van der Waals surface area contributed by atoms with Gasteiger partial charge in [0.15, 0.2) is 0 Å². The summed E-state index contributed by atoms with van der Waals surface area (Å²) in [6.07, 6.45) is 0. The quantitative estimate of drug-likeness (QED) is 0.555. The molecule has 0 fully saturated rings. The molecule has 1 aromatic carbocycles. The number of thiophene rings is 1.